The number of aromatic nitrogens is 1. The van der Waals surface area contributed by atoms with Crippen LogP contribution in [0, 0.1) is 12.8 Å². The van der Waals surface area contributed by atoms with Crippen molar-refractivity contribution in [3.05, 3.63) is 41.6 Å². The average Bonchev–Trinajstić information content (AvgIpc) is 2.95. The number of aryl methyl sites for hydroxylation is 1. The molecule has 0 bridgehead atoms. The normalized spacial score (nSPS) is 26.1. The van der Waals surface area contributed by atoms with Crippen molar-refractivity contribution in [3.63, 3.8) is 0 Å². The Hall–Kier alpha value is -1.45. The molecular weight excluding hydrogens is 258 g/mol. The summed E-state index contributed by atoms with van der Waals surface area (Å²) in [7, 11) is 0. The van der Waals surface area contributed by atoms with Gasteiger partial charge in [-0.05, 0) is 62.5 Å². The van der Waals surface area contributed by atoms with Crippen LogP contribution in [0.5, 0.6) is 0 Å². The first-order valence-corrected chi connectivity index (χ1v) is 8.10. The molecule has 0 saturated carbocycles. The zero-order valence-electron chi connectivity index (χ0n) is 12.7. The van der Waals surface area contributed by atoms with Crippen molar-refractivity contribution < 1.29 is 0 Å². The molecule has 1 aromatic heterocycles. The molecule has 2 unspecified atom stereocenters. The first-order chi connectivity index (χ1) is 10.3. The molecule has 110 valence electrons. The fourth-order valence-electron chi connectivity index (χ4n) is 3.90. The van der Waals surface area contributed by atoms with Gasteiger partial charge in [-0.3, -0.25) is 9.88 Å². The molecule has 3 heterocycles. The zero-order valence-corrected chi connectivity index (χ0v) is 12.7. The van der Waals surface area contributed by atoms with E-state index in [1.54, 1.807) is 0 Å². The van der Waals surface area contributed by atoms with Crippen LogP contribution in [0.25, 0.3) is 10.9 Å². The SMILES string of the molecule is Cc1ccc2cc(CN3CCC4NCCC4C3)ccc2n1. The largest absolute Gasteiger partial charge is 0.314 e. The van der Waals surface area contributed by atoms with Crippen LogP contribution in [0.3, 0.4) is 0 Å². The summed E-state index contributed by atoms with van der Waals surface area (Å²) in [5, 5.41) is 4.90. The minimum atomic E-state index is 0.782. The van der Waals surface area contributed by atoms with Gasteiger partial charge in [0.05, 0.1) is 5.52 Å². The lowest BCUT2D eigenvalue weighted by Crippen LogP contribution is -2.43. The van der Waals surface area contributed by atoms with Gasteiger partial charge in [-0.2, -0.15) is 0 Å². The summed E-state index contributed by atoms with van der Waals surface area (Å²) in [5.41, 5.74) is 3.61. The zero-order chi connectivity index (χ0) is 14.2. The maximum absolute atomic E-state index is 4.59. The van der Waals surface area contributed by atoms with E-state index in [0.29, 0.717) is 0 Å². The van der Waals surface area contributed by atoms with Crippen molar-refractivity contribution in [3.8, 4) is 0 Å². The summed E-state index contributed by atoms with van der Waals surface area (Å²) in [4.78, 5) is 7.21. The van der Waals surface area contributed by atoms with Gasteiger partial charge in [0.25, 0.3) is 0 Å². The number of nitrogens with zero attached hydrogens (tertiary/aromatic N) is 2. The highest BCUT2D eigenvalue weighted by molar-refractivity contribution is 5.79. The van der Waals surface area contributed by atoms with Crippen molar-refractivity contribution in [2.45, 2.75) is 32.4 Å². The molecule has 1 N–H and O–H groups in total. The van der Waals surface area contributed by atoms with Crippen LogP contribution >= 0.6 is 0 Å². The highest BCUT2D eigenvalue weighted by Crippen LogP contribution is 2.26. The Bertz CT molecular complexity index is 652. The molecule has 2 aliphatic heterocycles. The number of benzene rings is 1. The minimum Gasteiger partial charge on any atom is -0.314 e. The lowest BCUT2D eigenvalue weighted by molar-refractivity contribution is 0.156. The predicted molar refractivity (Wildman–Crippen MR) is 86.3 cm³/mol. The second kappa shape index (κ2) is 5.39. The van der Waals surface area contributed by atoms with Gasteiger partial charge in [-0.1, -0.05) is 12.1 Å². The summed E-state index contributed by atoms with van der Waals surface area (Å²) < 4.78 is 0. The Morgan fingerprint density at radius 3 is 3.14 bits per heavy atom. The molecule has 2 fully saturated rings. The quantitative estimate of drug-likeness (QED) is 0.917. The maximum atomic E-state index is 4.59. The first kappa shape index (κ1) is 13.2. The highest BCUT2D eigenvalue weighted by Gasteiger charge is 2.32. The van der Waals surface area contributed by atoms with Crippen LogP contribution in [-0.2, 0) is 6.54 Å². The van der Waals surface area contributed by atoms with Crippen LogP contribution < -0.4 is 5.32 Å². The van der Waals surface area contributed by atoms with Crippen LogP contribution in [-0.4, -0.2) is 35.6 Å². The summed E-state index contributed by atoms with van der Waals surface area (Å²) >= 11 is 0. The highest BCUT2D eigenvalue weighted by atomic mass is 15.2. The van der Waals surface area contributed by atoms with Crippen molar-refractivity contribution in [2.24, 2.45) is 5.92 Å². The van der Waals surface area contributed by atoms with Gasteiger partial charge in [-0.25, -0.2) is 0 Å². The molecule has 0 radical (unpaired) electrons. The third kappa shape index (κ3) is 2.68. The van der Waals surface area contributed by atoms with Gasteiger partial charge in [0.1, 0.15) is 0 Å². The van der Waals surface area contributed by atoms with Crippen molar-refractivity contribution >= 4 is 10.9 Å². The number of rotatable bonds is 2. The molecule has 2 aliphatic rings. The number of fused-ring (bicyclic) bond motifs is 2. The van der Waals surface area contributed by atoms with Gasteiger partial charge >= 0.3 is 0 Å². The Kier molecular flexibility index (Phi) is 3.40. The smallest absolute Gasteiger partial charge is 0.0705 e. The summed E-state index contributed by atoms with van der Waals surface area (Å²) in [6, 6.07) is 11.8. The number of hydrogen-bond donors (Lipinski definition) is 1. The monoisotopic (exact) mass is 281 g/mol. The molecule has 2 aromatic rings. The van der Waals surface area contributed by atoms with E-state index >= 15 is 0 Å². The standard InChI is InChI=1S/C18H23N3/c1-13-2-4-15-10-14(3-5-18(15)20-13)11-21-9-7-17-16(12-21)6-8-19-17/h2-5,10,16-17,19H,6-9,11-12H2,1H3. The van der Waals surface area contributed by atoms with E-state index in [4.69, 9.17) is 0 Å². The molecule has 21 heavy (non-hydrogen) atoms. The van der Waals surface area contributed by atoms with Crippen molar-refractivity contribution in [1.29, 1.82) is 0 Å². The molecule has 3 heteroatoms. The number of pyridine rings is 1. The average molecular weight is 281 g/mol. The van der Waals surface area contributed by atoms with E-state index in [1.807, 2.05) is 6.92 Å². The summed E-state index contributed by atoms with van der Waals surface area (Å²) in [6.07, 6.45) is 2.65. The molecule has 3 nitrogen and oxygen atoms in total. The van der Waals surface area contributed by atoms with E-state index in [9.17, 15) is 0 Å². The van der Waals surface area contributed by atoms with E-state index in [2.05, 4.69) is 45.5 Å². The van der Waals surface area contributed by atoms with Crippen molar-refractivity contribution in [2.75, 3.05) is 19.6 Å². The number of nitrogens with one attached hydrogen (secondary N) is 1. The number of likely N-dealkylation sites (tertiary alicyclic amines) is 1. The maximum Gasteiger partial charge on any atom is 0.0705 e. The molecule has 4 rings (SSSR count). The van der Waals surface area contributed by atoms with E-state index in [-0.39, 0.29) is 0 Å². The third-order valence-electron chi connectivity index (χ3n) is 5.04. The second-order valence-corrected chi connectivity index (χ2v) is 6.61. The fourth-order valence-corrected chi connectivity index (χ4v) is 3.90. The lowest BCUT2D eigenvalue weighted by atomic mass is 9.93. The van der Waals surface area contributed by atoms with E-state index < -0.39 is 0 Å². The fraction of sp³-hybridized carbons (Fsp3) is 0.500. The predicted octanol–water partition coefficient (Wildman–Crippen LogP) is 2.73. The van der Waals surface area contributed by atoms with Gasteiger partial charge in [0.2, 0.25) is 0 Å². The second-order valence-electron chi connectivity index (χ2n) is 6.61. The molecule has 1 aromatic carbocycles. The summed E-state index contributed by atoms with van der Waals surface area (Å²) in [6.45, 7) is 6.81. The molecule has 0 amide bonds. The first-order valence-electron chi connectivity index (χ1n) is 8.10. The Morgan fingerprint density at radius 1 is 1.24 bits per heavy atom. The van der Waals surface area contributed by atoms with Gasteiger partial charge < -0.3 is 5.32 Å². The number of hydrogen-bond acceptors (Lipinski definition) is 3. The van der Waals surface area contributed by atoms with E-state index in [1.165, 1.54) is 43.4 Å². The van der Waals surface area contributed by atoms with Crippen LogP contribution in [0.2, 0.25) is 0 Å². The van der Waals surface area contributed by atoms with Gasteiger partial charge in [-0.15, -0.1) is 0 Å². The Labute approximate surface area is 126 Å². The third-order valence-corrected chi connectivity index (χ3v) is 5.04. The van der Waals surface area contributed by atoms with Crippen molar-refractivity contribution in [1.82, 2.24) is 15.2 Å². The van der Waals surface area contributed by atoms with Crippen LogP contribution in [0.1, 0.15) is 24.1 Å². The molecule has 0 aliphatic carbocycles. The lowest BCUT2D eigenvalue weighted by Gasteiger charge is -2.34. The Balaban J connectivity index is 1.50. The molecule has 2 atom stereocenters. The molecule has 2 saturated heterocycles. The van der Waals surface area contributed by atoms with Gasteiger partial charge in [0, 0.05) is 30.2 Å². The molecular formula is C18H23N3. The van der Waals surface area contributed by atoms with E-state index in [0.717, 1.165) is 29.7 Å². The minimum absolute atomic E-state index is 0.782. The molecule has 0 spiro atoms. The van der Waals surface area contributed by atoms with Gasteiger partial charge in [0.15, 0.2) is 0 Å². The van der Waals surface area contributed by atoms with Crippen LogP contribution in [0.15, 0.2) is 30.3 Å². The van der Waals surface area contributed by atoms with Crippen LogP contribution in [0.4, 0.5) is 0 Å². The summed E-state index contributed by atoms with van der Waals surface area (Å²) in [5.74, 6) is 0.864. The Morgan fingerprint density at radius 2 is 2.19 bits per heavy atom. The number of piperidine rings is 1. The topological polar surface area (TPSA) is 28.2 Å².